The molecule has 0 aliphatic carbocycles. The van der Waals surface area contributed by atoms with Crippen LogP contribution in [-0.2, 0) is 6.54 Å². The lowest BCUT2D eigenvalue weighted by molar-refractivity contribution is 0.143. The number of urea groups is 1. The van der Waals surface area contributed by atoms with E-state index in [2.05, 4.69) is 27.3 Å². The maximum absolute atomic E-state index is 12.5. The first-order valence-corrected chi connectivity index (χ1v) is 8.36. The average molecular weight is 324 g/mol. The normalized spacial score (nSPS) is 15.3. The topological polar surface area (TPSA) is 48.5 Å². The van der Waals surface area contributed by atoms with Gasteiger partial charge in [-0.05, 0) is 42.7 Å². The highest BCUT2D eigenvalue weighted by Gasteiger charge is 2.21. The number of amides is 2. The summed E-state index contributed by atoms with van der Waals surface area (Å²) in [5.74, 6) is 0. The van der Waals surface area contributed by atoms with Crippen molar-refractivity contribution in [3.8, 4) is 0 Å². The van der Waals surface area contributed by atoms with E-state index in [1.807, 2.05) is 43.1 Å². The second-order valence-electron chi connectivity index (χ2n) is 6.37. The standard InChI is InChI=1S/C19H24N4O/c1-15-5-6-16(2)18(12-15)21-19(24)23-10-8-22(9-11-23)14-17-4-3-7-20-13-17/h3-7,12-13H,8-11,14H2,1-2H3,(H,21,24). The first kappa shape index (κ1) is 16.5. The van der Waals surface area contributed by atoms with Crippen molar-refractivity contribution in [1.82, 2.24) is 14.8 Å². The number of anilines is 1. The maximum Gasteiger partial charge on any atom is 0.321 e. The average Bonchev–Trinajstić information content (AvgIpc) is 2.60. The fourth-order valence-electron chi connectivity index (χ4n) is 2.92. The van der Waals surface area contributed by atoms with E-state index >= 15 is 0 Å². The third kappa shape index (κ3) is 4.11. The number of aromatic nitrogens is 1. The molecule has 0 unspecified atom stereocenters. The van der Waals surface area contributed by atoms with Crippen molar-refractivity contribution in [3.05, 3.63) is 59.4 Å². The Morgan fingerprint density at radius 2 is 1.96 bits per heavy atom. The van der Waals surface area contributed by atoms with E-state index in [0.29, 0.717) is 0 Å². The number of rotatable bonds is 3. The van der Waals surface area contributed by atoms with Gasteiger partial charge in [-0.25, -0.2) is 4.79 Å². The summed E-state index contributed by atoms with van der Waals surface area (Å²) in [5, 5.41) is 3.04. The van der Waals surface area contributed by atoms with Gasteiger partial charge in [0.25, 0.3) is 0 Å². The summed E-state index contributed by atoms with van der Waals surface area (Å²) in [6, 6.07) is 10.2. The number of aryl methyl sites for hydroxylation is 2. The van der Waals surface area contributed by atoms with Crippen LogP contribution in [0.1, 0.15) is 16.7 Å². The highest BCUT2D eigenvalue weighted by atomic mass is 16.2. The lowest BCUT2D eigenvalue weighted by Gasteiger charge is -2.34. The summed E-state index contributed by atoms with van der Waals surface area (Å²) in [5.41, 5.74) is 4.35. The Morgan fingerprint density at radius 1 is 1.17 bits per heavy atom. The molecule has 1 aromatic heterocycles. The van der Waals surface area contributed by atoms with Crippen LogP contribution < -0.4 is 5.32 Å². The lowest BCUT2D eigenvalue weighted by Crippen LogP contribution is -2.49. The van der Waals surface area contributed by atoms with Crippen LogP contribution in [0.15, 0.2) is 42.7 Å². The Labute approximate surface area is 143 Å². The van der Waals surface area contributed by atoms with Crippen LogP contribution in [0.4, 0.5) is 10.5 Å². The lowest BCUT2D eigenvalue weighted by atomic mass is 10.1. The predicted octanol–water partition coefficient (Wildman–Crippen LogP) is 3.05. The second kappa shape index (κ2) is 7.45. The van der Waals surface area contributed by atoms with E-state index in [1.54, 1.807) is 6.20 Å². The summed E-state index contributed by atoms with van der Waals surface area (Å²) in [7, 11) is 0. The molecule has 3 rings (SSSR count). The number of piperazine rings is 1. The number of nitrogens with one attached hydrogen (secondary N) is 1. The molecule has 1 aliphatic rings. The molecule has 0 bridgehead atoms. The minimum absolute atomic E-state index is 0.00951. The molecule has 2 heterocycles. The molecule has 2 aromatic rings. The van der Waals surface area contributed by atoms with Crippen molar-refractivity contribution in [2.24, 2.45) is 0 Å². The molecular weight excluding hydrogens is 300 g/mol. The molecule has 0 spiro atoms. The van der Waals surface area contributed by atoms with Gasteiger partial charge in [-0.15, -0.1) is 0 Å². The molecule has 24 heavy (non-hydrogen) atoms. The molecule has 1 aromatic carbocycles. The van der Waals surface area contributed by atoms with Gasteiger partial charge >= 0.3 is 6.03 Å². The minimum Gasteiger partial charge on any atom is -0.322 e. The largest absolute Gasteiger partial charge is 0.322 e. The van der Waals surface area contributed by atoms with Gasteiger partial charge in [0.15, 0.2) is 0 Å². The van der Waals surface area contributed by atoms with E-state index in [4.69, 9.17) is 0 Å². The van der Waals surface area contributed by atoms with Crippen molar-refractivity contribution in [3.63, 3.8) is 0 Å². The summed E-state index contributed by atoms with van der Waals surface area (Å²) in [4.78, 5) is 20.9. The summed E-state index contributed by atoms with van der Waals surface area (Å²) in [6.45, 7) is 8.20. The van der Waals surface area contributed by atoms with E-state index in [-0.39, 0.29) is 6.03 Å². The van der Waals surface area contributed by atoms with Crippen molar-refractivity contribution in [2.45, 2.75) is 20.4 Å². The third-order valence-electron chi connectivity index (χ3n) is 4.42. The maximum atomic E-state index is 12.5. The van der Waals surface area contributed by atoms with Crippen LogP contribution in [-0.4, -0.2) is 47.0 Å². The van der Waals surface area contributed by atoms with Crippen molar-refractivity contribution in [2.75, 3.05) is 31.5 Å². The summed E-state index contributed by atoms with van der Waals surface area (Å²) < 4.78 is 0. The van der Waals surface area contributed by atoms with Gasteiger partial charge in [-0.1, -0.05) is 18.2 Å². The van der Waals surface area contributed by atoms with Crippen LogP contribution in [0.2, 0.25) is 0 Å². The molecule has 1 saturated heterocycles. The molecule has 0 atom stereocenters. The van der Waals surface area contributed by atoms with E-state index < -0.39 is 0 Å². The van der Waals surface area contributed by atoms with E-state index in [1.165, 1.54) is 5.56 Å². The fraction of sp³-hybridized carbons (Fsp3) is 0.368. The Morgan fingerprint density at radius 3 is 2.67 bits per heavy atom. The van der Waals surface area contributed by atoms with Gasteiger partial charge in [0.1, 0.15) is 0 Å². The predicted molar refractivity (Wildman–Crippen MR) is 96.0 cm³/mol. The monoisotopic (exact) mass is 324 g/mol. The van der Waals surface area contributed by atoms with Gasteiger partial charge in [0, 0.05) is 50.8 Å². The Hall–Kier alpha value is -2.40. The van der Waals surface area contributed by atoms with Crippen molar-refractivity contribution in [1.29, 1.82) is 0 Å². The van der Waals surface area contributed by atoms with Crippen LogP contribution in [0.25, 0.3) is 0 Å². The van der Waals surface area contributed by atoms with Gasteiger partial charge in [0.2, 0.25) is 0 Å². The fourth-order valence-corrected chi connectivity index (χ4v) is 2.92. The quantitative estimate of drug-likeness (QED) is 0.944. The molecule has 5 nitrogen and oxygen atoms in total. The third-order valence-corrected chi connectivity index (χ3v) is 4.42. The Bertz CT molecular complexity index is 694. The first-order chi connectivity index (χ1) is 11.6. The van der Waals surface area contributed by atoms with Crippen LogP contribution in [0, 0.1) is 13.8 Å². The summed E-state index contributed by atoms with van der Waals surface area (Å²) in [6.07, 6.45) is 3.69. The Kier molecular flexibility index (Phi) is 5.11. The SMILES string of the molecule is Cc1ccc(C)c(NC(=O)N2CCN(Cc3cccnc3)CC2)c1. The molecular formula is C19H24N4O. The molecule has 1 fully saturated rings. The van der Waals surface area contributed by atoms with Crippen molar-refractivity contribution < 1.29 is 4.79 Å². The number of carbonyl (C=O) groups is 1. The van der Waals surface area contributed by atoms with Crippen LogP contribution >= 0.6 is 0 Å². The molecule has 5 heteroatoms. The second-order valence-corrected chi connectivity index (χ2v) is 6.37. The number of nitrogens with zero attached hydrogens (tertiary/aromatic N) is 3. The van der Waals surface area contributed by atoms with Gasteiger partial charge < -0.3 is 10.2 Å². The zero-order valence-corrected chi connectivity index (χ0v) is 14.3. The van der Waals surface area contributed by atoms with E-state index in [0.717, 1.165) is 49.5 Å². The molecule has 2 amide bonds. The number of pyridine rings is 1. The zero-order valence-electron chi connectivity index (χ0n) is 14.3. The van der Waals surface area contributed by atoms with E-state index in [9.17, 15) is 4.79 Å². The highest BCUT2D eigenvalue weighted by molar-refractivity contribution is 5.90. The number of hydrogen-bond acceptors (Lipinski definition) is 3. The molecule has 0 saturated carbocycles. The molecule has 126 valence electrons. The van der Waals surface area contributed by atoms with Gasteiger partial charge in [-0.3, -0.25) is 9.88 Å². The number of hydrogen-bond donors (Lipinski definition) is 1. The molecule has 1 aliphatic heterocycles. The zero-order chi connectivity index (χ0) is 16.9. The summed E-state index contributed by atoms with van der Waals surface area (Å²) >= 11 is 0. The van der Waals surface area contributed by atoms with Gasteiger partial charge in [-0.2, -0.15) is 0 Å². The molecule has 0 radical (unpaired) electrons. The number of benzene rings is 1. The Balaban J connectivity index is 1.52. The van der Waals surface area contributed by atoms with Gasteiger partial charge in [0.05, 0.1) is 0 Å². The minimum atomic E-state index is -0.00951. The van der Waals surface area contributed by atoms with Crippen molar-refractivity contribution >= 4 is 11.7 Å². The highest BCUT2D eigenvalue weighted by Crippen LogP contribution is 2.17. The smallest absolute Gasteiger partial charge is 0.321 e. The van der Waals surface area contributed by atoms with Crippen LogP contribution in [0.5, 0.6) is 0 Å². The number of carbonyl (C=O) groups excluding carboxylic acids is 1. The first-order valence-electron chi connectivity index (χ1n) is 8.36. The van der Waals surface area contributed by atoms with Crippen LogP contribution in [0.3, 0.4) is 0 Å². The molecule has 1 N–H and O–H groups in total.